The van der Waals surface area contributed by atoms with E-state index in [1.807, 2.05) is 66.7 Å². The second-order valence-electron chi connectivity index (χ2n) is 7.09. The molecule has 0 saturated heterocycles. The number of hydrogen-bond donors (Lipinski definition) is 2. The van der Waals surface area contributed by atoms with Gasteiger partial charge in [-0.1, -0.05) is 83.9 Å². The zero-order valence-corrected chi connectivity index (χ0v) is 17.2. The van der Waals surface area contributed by atoms with Crippen molar-refractivity contribution in [3.63, 3.8) is 0 Å². The van der Waals surface area contributed by atoms with Crippen molar-refractivity contribution in [3.8, 4) is 0 Å². The van der Waals surface area contributed by atoms with Gasteiger partial charge in [0.2, 0.25) is 0 Å². The molecule has 0 amide bonds. The summed E-state index contributed by atoms with van der Waals surface area (Å²) in [6, 6.07) is 29.7. The number of aliphatic hydroxyl groups excluding tert-OH is 1. The van der Waals surface area contributed by atoms with E-state index in [1.165, 1.54) is 0 Å². The molecule has 0 aliphatic heterocycles. The summed E-state index contributed by atoms with van der Waals surface area (Å²) in [5.74, 6) is 0. The summed E-state index contributed by atoms with van der Waals surface area (Å²) in [6.45, 7) is 0. The Bertz CT molecular complexity index is 1110. The number of nitrogens with one attached hydrogen (secondary N) is 1. The van der Waals surface area contributed by atoms with Crippen molar-refractivity contribution in [1.82, 2.24) is 0 Å². The number of benzene rings is 4. The number of hydrogen-bond acceptors (Lipinski definition) is 2. The summed E-state index contributed by atoms with van der Waals surface area (Å²) >= 11 is 12.4. The second kappa shape index (κ2) is 8.87. The fourth-order valence-corrected chi connectivity index (χ4v) is 3.82. The molecule has 2 N–H and O–H groups in total. The van der Waals surface area contributed by atoms with Gasteiger partial charge in [0, 0.05) is 12.1 Å². The highest BCUT2D eigenvalue weighted by Crippen LogP contribution is 2.33. The van der Waals surface area contributed by atoms with Crippen molar-refractivity contribution in [3.05, 3.63) is 112 Å². The molecule has 2 nitrogen and oxygen atoms in total. The normalized spacial score (nSPS) is 13.2. The molecule has 0 aromatic heterocycles. The van der Waals surface area contributed by atoms with E-state index >= 15 is 0 Å². The van der Waals surface area contributed by atoms with Crippen molar-refractivity contribution < 1.29 is 5.11 Å². The molecule has 4 rings (SSSR count). The minimum Gasteiger partial charge on any atom is -0.388 e. The fourth-order valence-electron chi connectivity index (χ4n) is 3.52. The summed E-state index contributed by atoms with van der Waals surface area (Å²) in [6.07, 6.45) is -0.138. The molecule has 4 heteroatoms. The van der Waals surface area contributed by atoms with E-state index in [9.17, 15) is 5.11 Å². The molecule has 0 radical (unpaired) electrons. The van der Waals surface area contributed by atoms with Gasteiger partial charge in [-0.05, 0) is 52.2 Å². The Balaban J connectivity index is 1.63. The first-order valence-electron chi connectivity index (χ1n) is 9.53. The maximum absolute atomic E-state index is 11.0. The molecular weight excluding hydrogens is 401 g/mol. The molecule has 2 atom stereocenters. The lowest BCUT2D eigenvalue weighted by atomic mass is 9.95. The van der Waals surface area contributed by atoms with Gasteiger partial charge >= 0.3 is 0 Å². The van der Waals surface area contributed by atoms with Crippen LogP contribution in [-0.2, 0) is 0 Å². The van der Waals surface area contributed by atoms with Gasteiger partial charge in [-0.15, -0.1) is 0 Å². The van der Waals surface area contributed by atoms with Crippen LogP contribution < -0.4 is 5.32 Å². The van der Waals surface area contributed by atoms with E-state index in [0.29, 0.717) is 16.5 Å². The van der Waals surface area contributed by atoms with Crippen molar-refractivity contribution >= 4 is 39.7 Å². The molecule has 0 fully saturated rings. The molecule has 0 aliphatic carbocycles. The zero-order chi connectivity index (χ0) is 20.2. The molecule has 29 heavy (non-hydrogen) atoms. The van der Waals surface area contributed by atoms with E-state index in [1.54, 1.807) is 6.07 Å². The molecule has 4 aromatic carbocycles. The fraction of sp³-hybridized carbons (Fsp3) is 0.120. The Labute approximate surface area is 180 Å². The van der Waals surface area contributed by atoms with Crippen LogP contribution in [0.15, 0.2) is 91.0 Å². The minimum atomic E-state index is -0.629. The number of anilines is 1. The van der Waals surface area contributed by atoms with Gasteiger partial charge in [-0.2, -0.15) is 0 Å². The molecule has 0 bridgehead atoms. The third kappa shape index (κ3) is 4.73. The Hall–Kier alpha value is -2.52. The molecule has 0 heterocycles. The Morgan fingerprint density at radius 1 is 0.690 bits per heavy atom. The van der Waals surface area contributed by atoms with Gasteiger partial charge in [0.1, 0.15) is 0 Å². The third-order valence-electron chi connectivity index (χ3n) is 5.08. The van der Waals surface area contributed by atoms with E-state index in [0.717, 1.165) is 27.6 Å². The van der Waals surface area contributed by atoms with Crippen LogP contribution in [0.25, 0.3) is 10.8 Å². The summed E-state index contributed by atoms with van der Waals surface area (Å²) in [5.41, 5.74) is 2.85. The maximum Gasteiger partial charge on any atom is 0.0813 e. The number of para-hydroxylation sites is 1. The average molecular weight is 422 g/mol. The van der Waals surface area contributed by atoms with Crippen LogP contribution in [0.1, 0.15) is 29.7 Å². The first-order valence-corrected chi connectivity index (χ1v) is 10.3. The highest BCUT2D eigenvalue weighted by molar-refractivity contribution is 6.42. The number of fused-ring (bicyclic) bond motifs is 1. The van der Waals surface area contributed by atoms with Gasteiger partial charge in [-0.25, -0.2) is 0 Å². The first-order chi connectivity index (χ1) is 14.1. The first kappa shape index (κ1) is 19.8. The van der Waals surface area contributed by atoms with E-state index in [2.05, 4.69) is 23.5 Å². The van der Waals surface area contributed by atoms with Crippen LogP contribution in [0.5, 0.6) is 0 Å². The molecule has 4 aromatic rings. The number of halogens is 2. The van der Waals surface area contributed by atoms with Gasteiger partial charge in [0.15, 0.2) is 0 Å². The predicted octanol–water partition coefficient (Wildman–Crippen LogP) is 7.42. The molecule has 146 valence electrons. The summed E-state index contributed by atoms with van der Waals surface area (Å²) in [7, 11) is 0. The van der Waals surface area contributed by atoms with E-state index in [4.69, 9.17) is 23.2 Å². The van der Waals surface area contributed by atoms with Crippen LogP contribution in [0.2, 0.25) is 10.0 Å². The van der Waals surface area contributed by atoms with Crippen molar-refractivity contribution in [2.24, 2.45) is 0 Å². The maximum atomic E-state index is 11.0. The lowest BCUT2D eigenvalue weighted by Crippen LogP contribution is -2.15. The topological polar surface area (TPSA) is 32.3 Å². The second-order valence-corrected chi connectivity index (χ2v) is 7.91. The SMILES string of the molecule is OC(CC(Nc1ccccc1)c1ccc(Cl)c(Cl)c1)c1ccc2ccccc2c1. The Morgan fingerprint density at radius 3 is 2.14 bits per heavy atom. The highest BCUT2D eigenvalue weighted by atomic mass is 35.5. The highest BCUT2D eigenvalue weighted by Gasteiger charge is 2.19. The van der Waals surface area contributed by atoms with Crippen molar-refractivity contribution in [1.29, 1.82) is 0 Å². The summed E-state index contributed by atoms with van der Waals surface area (Å²) < 4.78 is 0. The predicted molar refractivity (Wildman–Crippen MR) is 123 cm³/mol. The van der Waals surface area contributed by atoms with Crippen LogP contribution in [0.3, 0.4) is 0 Å². The van der Waals surface area contributed by atoms with Gasteiger partial charge in [0.05, 0.1) is 22.2 Å². The molecule has 0 aliphatic rings. The van der Waals surface area contributed by atoms with Crippen molar-refractivity contribution in [2.75, 3.05) is 5.32 Å². The quantitative estimate of drug-likeness (QED) is 0.339. The average Bonchev–Trinajstić information content (AvgIpc) is 2.75. The lowest BCUT2D eigenvalue weighted by molar-refractivity contribution is 0.161. The molecular formula is C25H21Cl2NO. The molecule has 0 saturated carbocycles. The standard InChI is InChI=1S/C25H21Cl2NO/c26-22-13-12-19(15-23(22)27)24(28-21-8-2-1-3-9-21)16-25(29)20-11-10-17-6-4-5-7-18(17)14-20/h1-15,24-25,28-29H,16H2. The van der Waals surface area contributed by atoms with Crippen LogP contribution in [0.4, 0.5) is 5.69 Å². The van der Waals surface area contributed by atoms with Gasteiger partial charge < -0.3 is 10.4 Å². The molecule has 0 spiro atoms. The van der Waals surface area contributed by atoms with E-state index in [-0.39, 0.29) is 6.04 Å². The zero-order valence-electron chi connectivity index (χ0n) is 15.7. The van der Waals surface area contributed by atoms with Gasteiger partial charge in [-0.3, -0.25) is 0 Å². The van der Waals surface area contributed by atoms with Crippen LogP contribution >= 0.6 is 23.2 Å². The number of rotatable bonds is 6. The Kier molecular flexibility index (Phi) is 6.05. The van der Waals surface area contributed by atoms with Crippen LogP contribution in [-0.4, -0.2) is 5.11 Å². The van der Waals surface area contributed by atoms with Crippen molar-refractivity contribution in [2.45, 2.75) is 18.6 Å². The summed E-state index contributed by atoms with van der Waals surface area (Å²) in [4.78, 5) is 0. The molecule has 2 unspecified atom stereocenters. The summed E-state index contributed by atoms with van der Waals surface area (Å²) in [5, 5.41) is 17.8. The lowest BCUT2D eigenvalue weighted by Gasteiger charge is -2.24. The number of aliphatic hydroxyl groups is 1. The van der Waals surface area contributed by atoms with E-state index < -0.39 is 6.10 Å². The smallest absolute Gasteiger partial charge is 0.0813 e. The Morgan fingerprint density at radius 2 is 1.38 bits per heavy atom. The largest absolute Gasteiger partial charge is 0.388 e. The van der Waals surface area contributed by atoms with Crippen LogP contribution in [0, 0.1) is 0 Å². The van der Waals surface area contributed by atoms with Gasteiger partial charge in [0.25, 0.3) is 0 Å². The monoisotopic (exact) mass is 421 g/mol. The third-order valence-corrected chi connectivity index (χ3v) is 5.82. The minimum absolute atomic E-state index is 0.131.